The number of carboxylic acid groups (broad SMARTS) is 1. The number of guanidine groups is 1. The van der Waals surface area contributed by atoms with E-state index < -0.39 is 65.7 Å². The third kappa shape index (κ3) is 14.4. The fourth-order valence-corrected chi connectivity index (χ4v) is 6.28. The number of hydrogen-bond acceptors (Lipinski definition) is 9. The number of amides is 5. The van der Waals surface area contributed by atoms with Crippen molar-refractivity contribution in [2.75, 3.05) is 31.6 Å². The molecule has 1 heterocycles. The van der Waals surface area contributed by atoms with Gasteiger partial charge in [-0.2, -0.15) is 11.8 Å². The summed E-state index contributed by atoms with van der Waals surface area (Å²) >= 11 is 1.46. The van der Waals surface area contributed by atoms with E-state index in [9.17, 15) is 33.9 Å². The molecule has 3 rings (SSSR count). The van der Waals surface area contributed by atoms with Crippen LogP contribution in [0.1, 0.15) is 43.2 Å². The molecule has 1 saturated heterocycles. The van der Waals surface area contributed by atoms with E-state index in [0.717, 1.165) is 5.56 Å². The normalized spacial score (nSPS) is 16.0. The molecule has 0 bridgehead atoms. The predicted molar refractivity (Wildman–Crippen MR) is 202 cm³/mol. The Morgan fingerprint density at radius 2 is 1.43 bits per heavy atom. The van der Waals surface area contributed by atoms with Crippen molar-refractivity contribution in [2.45, 2.75) is 75.2 Å². The summed E-state index contributed by atoms with van der Waals surface area (Å²) in [5, 5.41) is 20.5. The van der Waals surface area contributed by atoms with Gasteiger partial charge in [0.2, 0.25) is 29.5 Å². The molecule has 0 aromatic heterocycles. The second-order valence-electron chi connectivity index (χ2n) is 12.7. The maximum absolute atomic E-state index is 13.8. The number of nitrogens with zero attached hydrogens (tertiary/aromatic N) is 2. The second kappa shape index (κ2) is 22.0. The van der Waals surface area contributed by atoms with E-state index >= 15 is 0 Å². The molecule has 5 atom stereocenters. The van der Waals surface area contributed by atoms with Crippen LogP contribution in [0.4, 0.5) is 0 Å². The smallest absolute Gasteiger partial charge is 0.326 e. The van der Waals surface area contributed by atoms with E-state index in [-0.39, 0.29) is 38.3 Å². The molecule has 2 aromatic carbocycles. The van der Waals surface area contributed by atoms with Crippen LogP contribution in [0.15, 0.2) is 65.7 Å². The molecule has 16 nitrogen and oxygen atoms in total. The van der Waals surface area contributed by atoms with Crippen molar-refractivity contribution in [3.8, 4) is 0 Å². The average Bonchev–Trinajstić information content (AvgIpc) is 3.64. The molecule has 11 N–H and O–H groups in total. The first-order chi connectivity index (χ1) is 25.4. The summed E-state index contributed by atoms with van der Waals surface area (Å²) in [5.74, 6) is -3.66. The molecule has 0 radical (unpaired) electrons. The van der Waals surface area contributed by atoms with Gasteiger partial charge in [0, 0.05) is 25.9 Å². The fraction of sp³-hybridized carbons (Fsp3) is 0.472. The first kappa shape index (κ1) is 42.3. The molecule has 1 aliphatic rings. The number of aliphatic carboxylic acids is 1. The first-order valence-electron chi connectivity index (χ1n) is 17.5. The van der Waals surface area contributed by atoms with E-state index in [1.54, 1.807) is 54.6 Å². The van der Waals surface area contributed by atoms with E-state index in [0.29, 0.717) is 43.5 Å². The van der Waals surface area contributed by atoms with Gasteiger partial charge in [0.05, 0.1) is 12.6 Å². The third-order valence-corrected chi connectivity index (χ3v) is 9.29. The Balaban J connectivity index is 1.68. The molecule has 1 fully saturated rings. The Morgan fingerprint density at radius 1 is 0.849 bits per heavy atom. The highest BCUT2D eigenvalue weighted by atomic mass is 32.2. The Morgan fingerprint density at radius 3 is 2.02 bits per heavy atom. The Hall–Kier alpha value is -5.16. The Kier molecular flexibility index (Phi) is 17.6. The van der Waals surface area contributed by atoms with Gasteiger partial charge in [-0.15, -0.1) is 0 Å². The highest BCUT2D eigenvalue weighted by Crippen LogP contribution is 2.18. The van der Waals surface area contributed by atoms with Crippen LogP contribution in [0.2, 0.25) is 0 Å². The molecule has 0 aliphatic carbocycles. The van der Waals surface area contributed by atoms with E-state index in [1.165, 1.54) is 16.7 Å². The summed E-state index contributed by atoms with van der Waals surface area (Å²) < 4.78 is 0. The largest absolute Gasteiger partial charge is 0.480 e. The molecule has 53 heavy (non-hydrogen) atoms. The van der Waals surface area contributed by atoms with Crippen LogP contribution in [0.25, 0.3) is 0 Å². The molecular formula is C36H51N9O7S. The van der Waals surface area contributed by atoms with Crippen molar-refractivity contribution in [1.29, 1.82) is 0 Å². The van der Waals surface area contributed by atoms with Gasteiger partial charge < -0.3 is 48.5 Å². The number of aliphatic imine (C=N–C) groups is 1. The zero-order valence-corrected chi connectivity index (χ0v) is 30.7. The van der Waals surface area contributed by atoms with Crippen LogP contribution in [-0.2, 0) is 41.6 Å². The lowest BCUT2D eigenvalue weighted by atomic mass is 10.0. The van der Waals surface area contributed by atoms with Crippen molar-refractivity contribution in [3.05, 3.63) is 71.8 Å². The number of hydrogen-bond donors (Lipinski definition) is 8. The van der Waals surface area contributed by atoms with Crippen LogP contribution in [0, 0.1) is 0 Å². The van der Waals surface area contributed by atoms with Crippen molar-refractivity contribution < 1.29 is 33.9 Å². The number of nitrogens with two attached hydrogens (primary N) is 3. The summed E-state index contributed by atoms with van der Waals surface area (Å²) in [7, 11) is 0. The molecule has 17 heteroatoms. The minimum Gasteiger partial charge on any atom is -0.480 e. The lowest BCUT2D eigenvalue weighted by Gasteiger charge is -2.28. The SMILES string of the molecule is CSCC[C@H](NC(=O)[C@@H]1CCCN1C(=O)CNC(=O)[C@@H](N)CCCN=C(N)N)C(=O)N[C@@H](Cc1ccccc1)C(=O)N[C@@H](Cc1ccccc1)C(=O)O. The molecule has 0 spiro atoms. The second-order valence-corrected chi connectivity index (χ2v) is 13.7. The quantitative estimate of drug-likeness (QED) is 0.0447. The van der Waals surface area contributed by atoms with Crippen molar-refractivity contribution in [1.82, 2.24) is 26.2 Å². The summed E-state index contributed by atoms with van der Waals surface area (Å²) in [6.07, 6.45) is 3.83. The number of carbonyl (C=O) groups is 6. The number of carboxylic acids is 1. The van der Waals surface area contributed by atoms with Crippen LogP contribution in [0.5, 0.6) is 0 Å². The zero-order chi connectivity index (χ0) is 38.8. The van der Waals surface area contributed by atoms with Crippen molar-refractivity contribution in [2.24, 2.45) is 22.2 Å². The van der Waals surface area contributed by atoms with E-state index in [2.05, 4.69) is 26.3 Å². The van der Waals surface area contributed by atoms with Crippen LogP contribution in [0.3, 0.4) is 0 Å². The molecule has 288 valence electrons. The molecule has 1 aliphatic heterocycles. The first-order valence-corrected chi connectivity index (χ1v) is 18.9. The maximum atomic E-state index is 13.8. The zero-order valence-electron chi connectivity index (χ0n) is 29.9. The van der Waals surface area contributed by atoms with E-state index in [4.69, 9.17) is 17.2 Å². The standard InChI is InChI=1S/C36H51N9O7S/c1-53-19-16-26(42-34(50)29-15-9-18-45(29)30(46)22-41-31(47)25(37)14-8-17-40-36(38)39)32(48)43-27(20-23-10-4-2-5-11-23)33(49)44-28(35(51)52)21-24-12-6-3-7-13-24/h2-7,10-13,25-29H,8-9,14-22,37H2,1H3,(H,41,47)(H,42,50)(H,43,48)(H,44,49)(H,51,52)(H4,38,39,40)/t25-,26-,27-,28-,29-/m0/s1. The number of benzene rings is 2. The van der Waals surface area contributed by atoms with Gasteiger partial charge in [-0.25, -0.2) is 4.79 Å². The maximum Gasteiger partial charge on any atom is 0.326 e. The lowest BCUT2D eigenvalue weighted by Crippen LogP contribution is -2.58. The summed E-state index contributed by atoms with van der Waals surface area (Å²) in [5.41, 5.74) is 18.0. The lowest BCUT2D eigenvalue weighted by molar-refractivity contribution is -0.142. The molecular weight excluding hydrogens is 703 g/mol. The molecule has 2 aromatic rings. The summed E-state index contributed by atoms with van der Waals surface area (Å²) in [6.45, 7) is 0.230. The molecule has 0 unspecified atom stereocenters. The van der Waals surface area contributed by atoms with Crippen LogP contribution in [-0.4, -0.2) is 113 Å². The van der Waals surface area contributed by atoms with Crippen molar-refractivity contribution in [3.63, 3.8) is 0 Å². The highest BCUT2D eigenvalue weighted by Gasteiger charge is 2.37. The predicted octanol–water partition coefficient (Wildman–Crippen LogP) is -0.748. The molecule has 5 amide bonds. The minimum absolute atomic E-state index is 0.0358. The van der Waals surface area contributed by atoms with Crippen molar-refractivity contribution >= 4 is 53.2 Å². The fourth-order valence-electron chi connectivity index (χ4n) is 5.81. The Bertz CT molecular complexity index is 1560. The number of carbonyl (C=O) groups excluding carboxylic acids is 5. The summed E-state index contributed by atoms with van der Waals surface area (Å²) in [4.78, 5) is 84.0. The number of nitrogens with one attached hydrogen (secondary N) is 4. The van der Waals surface area contributed by atoms with Crippen LogP contribution < -0.4 is 38.5 Å². The van der Waals surface area contributed by atoms with E-state index in [1.807, 2.05) is 12.3 Å². The van der Waals surface area contributed by atoms with Gasteiger partial charge in [-0.1, -0.05) is 60.7 Å². The highest BCUT2D eigenvalue weighted by molar-refractivity contribution is 7.98. The monoisotopic (exact) mass is 753 g/mol. The van der Waals surface area contributed by atoms with Gasteiger partial charge >= 0.3 is 5.97 Å². The Labute approximate surface area is 313 Å². The van der Waals surface area contributed by atoms with Gasteiger partial charge in [0.15, 0.2) is 5.96 Å². The average molecular weight is 754 g/mol. The summed E-state index contributed by atoms with van der Waals surface area (Å²) in [6, 6.07) is 12.6. The van der Waals surface area contributed by atoms with Gasteiger partial charge in [-0.3, -0.25) is 29.0 Å². The van der Waals surface area contributed by atoms with Gasteiger partial charge in [0.1, 0.15) is 24.2 Å². The number of thioether (sulfide) groups is 1. The topological polar surface area (TPSA) is 264 Å². The third-order valence-electron chi connectivity index (χ3n) is 8.65. The molecule has 0 saturated carbocycles. The number of likely N-dealkylation sites (tertiary alicyclic amines) is 1. The minimum atomic E-state index is -1.26. The number of rotatable bonds is 21. The van der Waals surface area contributed by atoms with Gasteiger partial charge in [-0.05, 0) is 55.2 Å². The van der Waals surface area contributed by atoms with Gasteiger partial charge in [0.25, 0.3) is 0 Å². The van der Waals surface area contributed by atoms with Crippen LogP contribution >= 0.6 is 11.8 Å².